The maximum atomic E-state index is 13.1. The summed E-state index contributed by atoms with van der Waals surface area (Å²) in [5, 5.41) is 5.46. The highest BCUT2D eigenvalue weighted by molar-refractivity contribution is 7.98. The van der Waals surface area contributed by atoms with Gasteiger partial charge in [-0.1, -0.05) is 20.8 Å². The van der Waals surface area contributed by atoms with Crippen molar-refractivity contribution in [1.82, 2.24) is 20.6 Å². The van der Waals surface area contributed by atoms with Crippen LogP contribution in [0.1, 0.15) is 52.1 Å². The van der Waals surface area contributed by atoms with Gasteiger partial charge in [0.25, 0.3) is 0 Å². The molecule has 1 rings (SSSR count). The minimum atomic E-state index is -0.773. The van der Waals surface area contributed by atoms with Crippen molar-refractivity contribution < 1.29 is 19.2 Å². The molecule has 3 atom stereocenters. The van der Waals surface area contributed by atoms with Crippen LogP contribution in [0.3, 0.4) is 0 Å². The predicted octanol–water partition coefficient (Wildman–Crippen LogP) is 1.19. The van der Waals surface area contributed by atoms with E-state index in [4.69, 9.17) is 5.73 Å². The quantitative estimate of drug-likeness (QED) is 0.314. The van der Waals surface area contributed by atoms with E-state index in [0.29, 0.717) is 24.3 Å². The van der Waals surface area contributed by atoms with E-state index in [1.165, 1.54) is 6.33 Å². The van der Waals surface area contributed by atoms with Gasteiger partial charge in [-0.05, 0) is 30.8 Å². The van der Waals surface area contributed by atoms with Crippen LogP contribution in [0.25, 0.3) is 0 Å². The number of nitrogens with one attached hydrogen (secondary N) is 3. The number of carbonyl (C=O) groups is 4. The highest BCUT2D eigenvalue weighted by atomic mass is 32.2. The number of amides is 3. The minimum Gasteiger partial charge on any atom is -0.368 e. The molecule has 3 amide bonds. The van der Waals surface area contributed by atoms with Crippen LogP contribution in [0.4, 0.5) is 0 Å². The molecule has 0 aliphatic carbocycles. The average molecular weight is 454 g/mol. The van der Waals surface area contributed by atoms with Crippen molar-refractivity contribution >= 4 is 35.3 Å². The van der Waals surface area contributed by atoms with Gasteiger partial charge in [0.15, 0.2) is 5.78 Å². The van der Waals surface area contributed by atoms with Gasteiger partial charge in [-0.25, -0.2) is 4.98 Å². The summed E-state index contributed by atoms with van der Waals surface area (Å²) in [6, 6.07) is -1.54. The molecule has 31 heavy (non-hydrogen) atoms. The van der Waals surface area contributed by atoms with Crippen LogP contribution in [0.15, 0.2) is 12.5 Å². The average Bonchev–Trinajstić information content (AvgIpc) is 3.22. The van der Waals surface area contributed by atoms with Gasteiger partial charge in [-0.2, -0.15) is 11.8 Å². The fraction of sp³-hybridized carbons (Fsp3) is 0.667. The molecule has 1 heterocycles. The van der Waals surface area contributed by atoms with E-state index < -0.39 is 23.9 Å². The molecule has 5 N–H and O–H groups in total. The van der Waals surface area contributed by atoms with E-state index in [9.17, 15) is 19.2 Å². The third-order valence-electron chi connectivity index (χ3n) is 4.87. The number of nitrogens with two attached hydrogens (primary N) is 1. The zero-order valence-electron chi connectivity index (χ0n) is 18.8. The Bertz CT molecular complexity index is 723. The first kappa shape index (κ1) is 26.7. The van der Waals surface area contributed by atoms with Gasteiger partial charge in [0, 0.05) is 37.1 Å². The number of nitrogens with zero attached hydrogens (tertiary/aromatic N) is 1. The molecule has 10 heteroatoms. The predicted molar refractivity (Wildman–Crippen MR) is 121 cm³/mol. The van der Waals surface area contributed by atoms with Gasteiger partial charge in [0.2, 0.25) is 17.7 Å². The van der Waals surface area contributed by atoms with Crippen molar-refractivity contribution in [3.8, 4) is 0 Å². The molecule has 0 bridgehead atoms. The Kier molecular flexibility index (Phi) is 11.9. The van der Waals surface area contributed by atoms with Gasteiger partial charge in [0.05, 0.1) is 12.4 Å². The molecule has 0 saturated heterocycles. The second-order valence-electron chi connectivity index (χ2n) is 8.00. The molecule has 0 saturated carbocycles. The summed E-state index contributed by atoms with van der Waals surface area (Å²) >= 11 is 1.56. The molecule has 1 aromatic rings. The molecule has 174 valence electrons. The van der Waals surface area contributed by atoms with E-state index in [1.807, 2.05) is 20.1 Å². The molecule has 1 aromatic heterocycles. The monoisotopic (exact) mass is 453 g/mol. The number of rotatable bonds is 15. The van der Waals surface area contributed by atoms with Crippen molar-refractivity contribution in [2.24, 2.45) is 17.6 Å². The number of H-pyrrole nitrogens is 1. The SMILES string of the molecule is CCC(=O)N[C@@H](Cc1cnc[nH]1)C(=O)C[C@@H](CC(C)C)C(=O)N[C@@H](CCSC)C(N)=O. The number of hydrogen-bond donors (Lipinski definition) is 4. The van der Waals surface area contributed by atoms with Crippen LogP contribution in [0.5, 0.6) is 0 Å². The summed E-state index contributed by atoms with van der Waals surface area (Å²) in [6.07, 6.45) is 6.39. The third-order valence-corrected chi connectivity index (χ3v) is 5.51. The van der Waals surface area contributed by atoms with Gasteiger partial charge < -0.3 is 21.4 Å². The van der Waals surface area contributed by atoms with Gasteiger partial charge in [0.1, 0.15) is 6.04 Å². The maximum Gasteiger partial charge on any atom is 0.240 e. The summed E-state index contributed by atoms with van der Waals surface area (Å²) < 4.78 is 0. The van der Waals surface area contributed by atoms with Crippen molar-refractivity contribution in [2.75, 3.05) is 12.0 Å². The fourth-order valence-electron chi connectivity index (χ4n) is 3.21. The topological polar surface area (TPSA) is 147 Å². The molecular formula is C21H35N5O4S. The molecule has 0 aliphatic heterocycles. The maximum absolute atomic E-state index is 13.1. The first-order valence-electron chi connectivity index (χ1n) is 10.6. The summed E-state index contributed by atoms with van der Waals surface area (Å²) in [4.78, 5) is 56.6. The molecule has 0 radical (unpaired) electrons. The zero-order chi connectivity index (χ0) is 23.4. The normalized spacial score (nSPS) is 14.0. The smallest absolute Gasteiger partial charge is 0.240 e. The van der Waals surface area contributed by atoms with Gasteiger partial charge in [-0.15, -0.1) is 0 Å². The molecule has 0 aliphatic rings. The molecule has 0 aromatic carbocycles. The second-order valence-corrected chi connectivity index (χ2v) is 8.98. The minimum absolute atomic E-state index is 0.0409. The van der Waals surface area contributed by atoms with Crippen LogP contribution in [0, 0.1) is 11.8 Å². The van der Waals surface area contributed by atoms with E-state index in [1.54, 1.807) is 24.9 Å². The summed E-state index contributed by atoms with van der Waals surface area (Å²) in [5.74, 6) is -1.22. The Morgan fingerprint density at radius 2 is 1.90 bits per heavy atom. The number of carbonyl (C=O) groups excluding carboxylic acids is 4. The van der Waals surface area contributed by atoms with E-state index in [2.05, 4.69) is 20.6 Å². The number of thioether (sulfide) groups is 1. The van der Waals surface area contributed by atoms with Gasteiger partial charge in [-0.3, -0.25) is 19.2 Å². The standard InChI is InChI=1S/C21H35N5O4S/c1-5-19(28)25-17(10-15-11-23-12-24-15)18(27)9-14(8-13(2)3)21(30)26-16(20(22)29)6-7-31-4/h11-14,16-17H,5-10H2,1-4H3,(H2,22,29)(H,23,24)(H,25,28)(H,26,30)/t14-,16+,17+/m1/s1. The lowest BCUT2D eigenvalue weighted by Crippen LogP contribution is -2.48. The first-order valence-corrected chi connectivity index (χ1v) is 11.9. The number of ketones is 1. The number of hydrogen-bond acceptors (Lipinski definition) is 6. The molecule has 0 spiro atoms. The third kappa shape index (κ3) is 9.99. The summed E-state index contributed by atoms with van der Waals surface area (Å²) in [5.41, 5.74) is 6.15. The molecular weight excluding hydrogens is 418 g/mol. The van der Waals surface area contributed by atoms with Crippen molar-refractivity contribution in [1.29, 1.82) is 0 Å². The molecule has 0 fully saturated rings. The van der Waals surface area contributed by atoms with E-state index in [0.717, 1.165) is 0 Å². The fourth-order valence-corrected chi connectivity index (χ4v) is 3.68. The highest BCUT2D eigenvalue weighted by Gasteiger charge is 2.30. The highest BCUT2D eigenvalue weighted by Crippen LogP contribution is 2.19. The van der Waals surface area contributed by atoms with Crippen LogP contribution >= 0.6 is 11.8 Å². The lowest BCUT2D eigenvalue weighted by Gasteiger charge is -2.24. The summed E-state index contributed by atoms with van der Waals surface area (Å²) in [6.45, 7) is 5.64. The Morgan fingerprint density at radius 1 is 1.19 bits per heavy atom. The molecule has 0 unspecified atom stereocenters. The first-order chi connectivity index (χ1) is 14.7. The van der Waals surface area contributed by atoms with Crippen LogP contribution in [-0.2, 0) is 25.6 Å². The number of Topliss-reactive ketones (excluding diaryl/α,β-unsaturated/α-hetero) is 1. The Balaban J connectivity index is 2.94. The van der Waals surface area contributed by atoms with Crippen LogP contribution < -0.4 is 16.4 Å². The van der Waals surface area contributed by atoms with Gasteiger partial charge >= 0.3 is 0 Å². The number of aromatic amines is 1. The number of primary amides is 1. The van der Waals surface area contributed by atoms with Crippen LogP contribution in [-0.4, -0.2) is 57.6 Å². The van der Waals surface area contributed by atoms with E-state index in [-0.39, 0.29) is 42.8 Å². The van der Waals surface area contributed by atoms with E-state index >= 15 is 0 Å². The van der Waals surface area contributed by atoms with Crippen molar-refractivity contribution in [3.05, 3.63) is 18.2 Å². The molecule has 9 nitrogen and oxygen atoms in total. The number of imidazole rings is 1. The van der Waals surface area contributed by atoms with Crippen molar-refractivity contribution in [2.45, 2.75) is 65.0 Å². The lowest BCUT2D eigenvalue weighted by atomic mass is 9.88. The Morgan fingerprint density at radius 3 is 2.42 bits per heavy atom. The zero-order valence-corrected chi connectivity index (χ0v) is 19.6. The van der Waals surface area contributed by atoms with Crippen molar-refractivity contribution in [3.63, 3.8) is 0 Å². The second kappa shape index (κ2) is 13.8. The largest absolute Gasteiger partial charge is 0.368 e. The Hall–Kier alpha value is -2.36. The summed E-state index contributed by atoms with van der Waals surface area (Å²) in [7, 11) is 0. The Labute approximate surface area is 188 Å². The number of aromatic nitrogens is 2. The van der Waals surface area contributed by atoms with Crippen LogP contribution in [0.2, 0.25) is 0 Å². The lowest BCUT2D eigenvalue weighted by molar-refractivity contribution is -0.134.